The van der Waals surface area contributed by atoms with Crippen LogP contribution in [-0.4, -0.2) is 48.9 Å². The van der Waals surface area contributed by atoms with E-state index in [0.717, 1.165) is 6.42 Å². The second-order valence-electron chi connectivity index (χ2n) is 8.02. The Hall–Kier alpha value is -3.63. The summed E-state index contributed by atoms with van der Waals surface area (Å²) in [5, 5.41) is 2.91. The first kappa shape index (κ1) is 21.2. The maximum Gasteiger partial charge on any atom is 0.417 e. The smallest absolute Gasteiger partial charge is 0.363 e. The molecule has 2 saturated heterocycles. The van der Waals surface area contributed by atoms with Crippen LogP contribution >= 0.6 is 0 Å². The van der Waals surface area contributed by atoms with Crippen LogP contribution in [0.15, 0.2) is 49.1 Å². The molecule has 0 spiro atoms. The zero-order valence-corrected chi connectivity index (χ0v) is 17.1. The molecule has 0 saturated carbocycles. The van der Waals surface area contributed by atoms with Crippen molar-refractivity contribution in [2.45, 2.75) is 43.6 Å². The molecule has 1 amide bonds. The Bertz CT molecular complexity index is 1190. The molecule has 3 aromatic heterocycles. The number of anilines is 1. The Morgan fingerprint density at radius 1 is 1.06 bits per heavy atom. The highest BCUT2D eigenvalue weighted by Gasteiger charge is 2.49. The normalized spacial score (nSPS) is 21.9. The molecule has 0 unspecified atom stereocenters. The number of hydrogen-bond acceptors (Lipinski definition) is 6. The lowest BCUT2D eigenvalue weighted by Crippen LogP contribution is -2.40. The number of carbonyl (C=O) groups is 1. The minimum Gasteiger partial charge on any atom is -0.363 e. The molecule has 2 aliphatic heterocycles. The molecule has 2 aliphatic rings. The average Bonchev–Trinajstić information content (AvgIpc) is 3.37. The highest BCUT2D eigenvalue weighted by Crippen LogP contribution is 2.41. The van der Waals surface area contributed by atoms with Gasteiger partial charge in [0.2, 0.25) is 0 Å². The molecule has 11 heteroatoms. The third-order valence-electron chi connectivity index (χ3n) is 6.08. The van der Waals surface area contributed by atoms with Crippen LogP contribution in [0.5, 0.6) is 0 Å². The molecule has 2 fully saturated rings. The van der Waals surface area contributed by atoms with E-state index in [1.54, 1.807) is 35.5 Å². The predicted octanol–water partition coefficient (Wildman–Crippen LogP) is 3.95. The highest BCUT2D eigenvalue weighted by molar-refractivity contribution is 5.99. The van der Waals surface area contributed by atoms with Gasteiger partial charge in [-0.1, -0.05) is 0 Å². The zero-order chi connectivity index (χ0) is 23.2. The van der Waals surface area contributed by atoms with Gasteiger partial charge in [-0.25, -0.2) is 19.3 Å². The average molecular weight is 458 g/mol. The van der Waals surface area contributed by atoms with Gasteiger partial charge in [0.05, 0.1) is 23.2 Å². The van der Waals surface area contributed by atoms with Crippen molar-refractivity contribution in [2.75, 3.05) is 5.32 Å². The Labute approximate surface area is 185 Å². The van der Waals surface area contributed by atoms with Crippen LogP contribution in [0, 0.1) is 5.82 Å². The molecule has 1 N–H and O–H groups in total. The maximum absolute atomic E-state index is 14.3. The summed E-state index contributed by atoms with van der Waals surface area (Å²) < 4.78 is 52.7. The second-order valence-corrected chi connectivity index (χ2v) is 8.02. The highest BCUT2D eigenvalue weighted by atomic mass is 19.4. The third-order valence-corrected chi connectivity index (χ3v) is 6.08. The number of aromatic nitrogens is 4. The van der Waals surface area contributed by atoms with Crippen LogP contribution in [0.2, 0.25) is 0 Å². The van der Waals surface area contributed by atoms with Gasteiger partial charge in [-0.3, -0.25) is 9.78 Å². The van der Waals surface area contributed by atoms with Crippen LogP contribution in [0.3, 0.4) is 0 Å². The first-order chi connectivity index (χ1) is 15.8. The molecule has 3 atom stereocenters. The fraction of sp³-hybridized carbons (Fsp3) is 0.318. The second kappa shape index (κ2) is 8.05. The topological polar surface area (TPSA) is 83.9 Å². The summed E-state index contributed by atoms with van der Waals surface area (Å²) in [5.41, 5.74) is -0.421. The summed E-state index contributed by atoms with van der Waals surface area (Å²) in [6.45, 7) is 0. The van der Waals surface area contributed by atoms with Crippen LogP contribution < -0.4 is 5.32 Å². The molecule has 7 nitrogen and oxygen atoms in total. The molecule has 33 heavy (non-hydrogen) atoms. The van der Waals surface area contributed by atoms with Crippen molar-refractivity contribution >= 4 is 11.7 Å². The standard InChI is InChI=1S/C22H18F4N6O/c23-15-9-12(22(24,25)26)11-30-20(15)31-16-10-13-4-5-17(16)32(13)21(33)18-14(3-1-6-27-18)19-28-7-2-8-29-19/h1-3,6-9,11,13,16-17H,4-5,10H2,(H,30,31)/t13-,16-,17+/m1/s1. The summed E-state index contributed by atoms with van der Waals surface area (Å²) in [5.74, 6) is -1.25. The minimum absolute atomic E-state index is 0.0935. The Kier molecular flexibility index (Phi) is 5.18. The molecule has 5 heterocycles. The van der Waals surface area contributed by atoms with Gasteiger partial charge < -0.3 is 10.2 Å². The van der Waals surface area contributed by atoms with Gasteiger partial charge in [0.1, 0.15) is 5.69 Å². The molecular weight excluding hydrogens is 440 g/mol. The van der Waals surface area contributed by atoms with Crippen molar-refractivity contribution in [1.29, 1.82) is 0 Å². The number of carbonyl (C=O) groups excluding carboxylic acids is 1. The number of hydrogen-bond donors (Lipinski definition) is 1. The number of halogens is 4. The third kappa shape index (κ3) is 3.87. The van der Waals surface area contributed by atoms with Gasteiger partial charge >= 0.3 is 6.18 Å². The number of nitrogens with zero attached hydrogens (tertiary/aromatic N) is 5. The van der Waals surface area contributed by atoms with Crippen molar-refractivity contribution in [3.05, 3.63) is 66.1 Å². The number of nitrogens with one attached hydrogen (secondary N) is 1. The Morgan fingerprint density at radius 3 is 2.55 bits per heavy atom. The Morgan fingerprint density at radius 2 is 1.82 bits per heavy atom. The van der Waals surface area contributed by atoms with E-state index in [1.807, 2.05) is 0 Å². The van der Waals surface area contributed by atoms with E-state index in [9.17, 15) is 22.4 Å². The first-order valence-corrected chi connectivity index (χ1v) is 10.4. The number of rotatable bonds is 4. The van der Waals surface area contributed by atoms with E-state index in [4.69, 9.17) is 0 Å². The van der Waals surface area contributed by atoms with Crippen LogP contribution in [0.1, 0.15) is 35.3 Å². The Balaban J connectivity index is 1.38. The summed E-state index contributed by atoms with van der Waals surface area (Å²) in [6, 6.07) is 4.82. The summed E-state index contributed by atoms with van der Waals surface area (Å²) in [4.78, 5) is 31.6. The molecule has 5 rings (SSSR count). The lowest BCUT2D eigenvalue weighted by Gasteiger charge is -2.25. The van der Waals surface area contributed by atoms with Crippen LogP contribution in [0.4, 0.5) is 23.4 Å². The first-order valence-electron chi connectivity index (χ1n) is 10.4. The maximum atomic E-state index is 14.3. The number of fused-ring (bicyclic) bond motifs is 2. The van der Waals surface area contributed by atoms with E-state index >= 15 is 0 Å². The lowest BCUT2D eigenvalue weighted by molar-refractivity contribution is -0.138. The van der Waals surface area contributed by atoms with E-state index in [1.165, 1.54) is 6.20 Å². The van der Waals surface area contributed by atoms with E-state index in [0.29, 0.717) is 36.5 Å². The quantitative estimate of drug-likeness (QED) is 0.596. The van der Waals surface area contributed by atoms with Crippen molar-refractivity contribution in [3.8, 4) is 11.4 Å². The lowest BCUT2D eigenvalue weighted by atomic mass is 9.95. The number of alkyl halides is 3. The molecular formula is C22H18F4N6O. The summed E-state index contributed by atoms with van der Waals surface area (Å²) in [7, 11) is 0. The molecule has 0 aliphatic carbocycles. The molecule has 170 valence electrons. The monoisotopic (exact) mass is 458 g/mol. The van der Waals surface area contributed by atoms with Gasteiger partial charge in [0.15, 0.2) is 17.5 Å². The number of amides is 1. The largest absolute Gasteiger partial charge is 0.417 e. The van der Waals surface area contributed by atoms with Crippen molar-refractivity contribution in [3.63, 3.8) is 0 Å². The van der Waals surface area contributed by atoms with Crippen LogP contribution in [0.25, 0.3) is 11.4 Å². The molecule has 0 aromatic carbocycles. The van der Waals surface area contributed by atoms with Gasteiger partial charge in [-0.05, 0) is 43.5 Å². The van der Waals surface area contributed by atoms with E-state index in [-0.39, 0.29) is 35.5 Å². The fourth-order valence-electron chi connectivity index (χ4n) is 4.65. The van der Waals surface area contributed by atoms with Gasteiger partial charge in [-0.15, -0.1) is 0 Å². The number of pyridine rings is 2. The zero-order valence-electron chi connectivity index (χ0n) is 17.1. The molecule has 2 bridgehead atoms. The van der Waals surface area contributed by atoms with E-state index < -0.39 is 17.6 Å². The van der Waals surface area contributed by atoms with Gasteiger partial charge in [-0.2, -0.15) is 13.2 Å². The van der Waals surface area contributed by atoms with Crippen LogP contribution in [-0.2, 0) is 6.18 Å². The van der Waals surface area contributed by atoms with E-state index in [2.05, 4.69) is 25.3 Å². The molecule has 3 aromatic rings. The van der Waals surface area contributed by atoms with Crippen molar-refractivity contribution in [2.24, 2.45) is 0 Å². The summed E-state index contributed by atoms with van der Waals surface area (Å²) >= 11 is 0. The molecule has 0 radical (unpaired) electrons. The van der Waals surface area contributed by atoms with Crippen molar-refractivity contribution < 1.29 is 22.4 Å². The fourth-order valence-corrected chi connectivity index (χ4v) is 4.65. The SMILES string of the molecule is O=C(c1ncccc1-c1ncccn1)N1[C@@H]2CC[C@H]1[C@H](Nc1ncc(C(F)(F)F)cc1F)C2. The summed E-state index contributed by atoms with van der Waals surface area (Å²) in [6.07, 6.45) is 2.59. The van der Waals surface area contributed by atoms with Crippen molar-refractivity contribution in [1.82, 2.24) is 24.8 Å². The predicted molar refractivity (Wildman–Crippen MR) is 109 cm³/mol. The van der Waals surface area contributed by atoms with Gasteiger partial charge in [0.25, 0.3) is 5.91 Å². The minimum atomic E-state index is -4.68. The van der Waals surface area contributed by atoms with Gasteiger partial charge in [0, 0.05) is 30.8 Å².